The molecule has 2 fully saturated rings. The van der Waals surface area contributed by atoms with Crippen LogP contribution in [0.4, 0.5) is 0 Å². The Hall–Kier alpha value is -4.18. The summed E-state index contributed by atoms with van der Waals surface area (Å²) < 4.78 is 7.62. The Bertz CT molecular complexity index is 1670. The van der Waals surface area contributed by atoms with Crippen LogP contribution in [-0.4, -0.2) is 55.7 Å². The molecule has 2 aliphatic rings. The van der Waals surface area contributed by atoms with E-state index in [0.29, 0.717) is 24.0 Å². The summed E-state index contributed by atoms with van der Waals surface area (Å²) in [6.45, 7) is 1.92. The third-order valence-corrected chi connectivity index (χ3v) is 9.63. The topological polar surface area (TPSA) is 131 Å². The third-order valence-electron chi connectivity index (χ3n) is 9.38. The van der Waals surface area contributed by atoms with Gasteiger partial charge in [-0.1, -0.05) is 43.0 Å². The largest absolute Gasteiger partial charge is 0.508 e. The van der Waals surface area contributed by atoms with Crippen LogP contribution in [0.1, 0.15) is 61.1 Å². The molecule has 2 aromatic carbocycles. The molecule has 11 heteroatoms. The smallest absolute Gasteiger partial charge is 0.287 e. The van der Waals surface area contributed by atoms with E-state index in [1.165, 1.54) is 50.3 Å². The maximum Gasteiger partial charge on any atom is 0.287 e. The number of halogens is 1. The summed E-state index contributed by atoms with van der Waals surface area (Å²) >= 11 is 6.10. The molecule has 0 spiro atoms. The van der Waals surface area contributed by atoms with Crippen molar-refractivity contribution in [1.82, 2.24) is 25.0 Å². The van der Waals surface area contributed by atoms with Gasteiger partial charge in [-0.2, -0.15) is 5.10 Å². The molecule has 6 rings (SSSR count). The van der Waals surface area contributed by atoms with E-state index in [1.807, 2.05) is 21.7 Å². The van der Waals surface area contributed by atoms with Crippen molar-refractivity contribution in [1.29, 1.82) is 0 Å². The number of rotatable bonds is 8. The number of amides is 2. The zero-order chi connectivity index (χ0) is 30.7. The highest BCUT2D eigenvalue weighted by Crippen LogP contribution is 2.47. The van der Waals surface area contributed by atoms with E-state index in [2.05, 4.69) is 15.4 Å². The van der Waals surface area contributed by atoms with Crippen molar-refractivity contribution in [2.75, 3.05) is 13.1 Å². The number of piperidine rings is 1. The molecule has 1 atom stereocenters. The number of carbonyl (C=O) groups is 2. The van der Waals surface area contributed by atoms with Crippen molar-refractivity contribution >= 4 is 34.4 Å². The number of fused-ring (bicyclic) bond motifs is 1. The van der Waals surface area contributed by atoms with Crippen molar-refractivity contribution in [3.63, 3.8) is 0 Å². The SMILES string of the molecule is O=C(N[C@H](Cc1ccc(Cl)cc1)C(=O)N1CCC(Cn2cncn2)(C2CCCCC2)CC1)c1cc(=O)c2ccc(O)cc2o1. The number of benzene rings is 2. The van der Waals surface area contributed by atoms with Crippen LogP contribution in [0.15, 0.2) is 70.4 Å². The first-order chi connectivity index (χ1) is 21.3. The lowest BCUT2D eigenvalue weighted by atomic mass is 9.63. The van der Waals surface area contributed by atoms with Crippen molar-refractivity contribution in [3.05, 3.63) is 87.8 Å². The van der Waals surface area contributed by atoms with Crippen molar-refractivity contribution in [3.8, 4) is 5.75 Å². The molecule has 1 saturated heterocycles. The highest BCUT2D eigenvalue weighted by Gasteiger charge is 2.44. The van der Waals surface area contributed by atoms with E-state index in [-0.39, 0.29) is 40.2 Å². The van der Waals surface area contributed by atoms with Gasteiger partial charge < -0.3 is 19.7 Å². The molecule has 230 valence electrons. The first-order valence-electron chi connectivity index (χ1n) is 15.2. The lowest BCUT2D eigenvalue weighted by molar-refractivity contribution is -0.136. The molecule has 4 aromatic rings. The molecule has 0 radical (unpaired) electrons. The number of phenols is 1. The maximum atomic E-state index is 14.1. The quantitative estimate of drug-likeness (QED) is 0.285. The molecular weight excluding hydrogens is 582 g/mol. The van der Waals surface area contributed by atoms with Gasteiger partial charge in [0.25, 0.3) is 5.91 Å². The Morgan fingerprint density at radius 1 is 1.07 bits per heavy atom. The van der Waals surface area contributed by atoms with Crippen LogP contribution in [0.25, 0.3) is 11.0 Å². The fourth-order valence-corrected chi connectivity index (χ4v) is 7.11. The minimum absolute atomic E-state index is 0.0277. The summed E-state index contributed by atoms with van der Waals surface area (Å²) in [7, 11) is 0. The van der Waals surface area contributed by atoms with E-state index in [0.717, 1.165) is 31.0 Å². The van der Waals surface area contributed by atoms with Crippen molar-refractivity contribution in [2.24, 2.45) is 11.3 Å². The summed E-state index contributed by atoms with van der Waals surface area (Å²) in [4.78, 5) is 46.2. The van der Waals surface area contributed by atoms with E-state index < -0.39 is 17.4 Å². The van der Waals surface area contributed by atoms with E-state index in [9.17, 15) is 19.5 Å². The van der Waals surface area contributed by atoms with Crippen LogP contribution in [-0.2, 0) is 17.8 Å². The number of hydrogen-bond donors (Lipinski definition) is 2. The van der Waals surface area contributed by atoms with Crippen molar-refractivity contribution in [2.45, 2.75) is 64.0 Å². The predicted octanol–water partition coefficient (Wildman–Crippen LogP) is 4.97. The van der Waals surface area contributed by atoms with Crippen molar-refractivity contribution < 1.29 is 19.1 Å². The fourth-order valence-electron chi connectivity index (χ4n) is 6.98. The van der Waals surface area contributed by atoms with Crippen LogP contribution in [0.2, 0.25) is 5.02 Å². The molecule has 2 amide bonds. The first-order valence-corrected chi connectivity index (χ1v) is 15.6. The Balaban J connectivity index is 1.23. The summed E-state index contributed by atoms with van der Waals surface area (Å²) in [5.74, 6) is -0.624. The number of nitrogens with one attached hydrogen (secondary N) is 1. The summed E-state index contributed by atoms with van der Waals surface area (Å²) in [6.07, 6.45) is 11.4. The highest BCUT2D eigenvalue weighted by atomic mass is 35.5. The standard InChI is InChI=1S/C33H36ClN5O5/c34-24-8-6-22(7-9-24)16-27(37-31(42)30-18-28(41)26-11-10-25(40)17-29(26)44-30)32(43)38-14-12-33(13-15-38,19-39-21-35-20-36-39)23-4-2-1-3-5-23/h6-11,17-18,20-21,23,27,40H,1-5,12-16,19H2,(H,37,42)/t27-/m1/s1. The van der Waals surface area contributed by atoms with Gasteiger partial charge in [0.05, 0.1) is 5.39 Å². The molecule has 1 aliphatic heterocycles. The van der Waals surface area contributed by atoms with Gasteiger partial charge >= 0.3 is 0 Å². The van der Waals surface area contributed by atoms with Gasteiger partial charge in [0, 0.05) is 43.2 Å². The van der Waals surface area contributed by atoms with Gasteiger partial charge in [-0.15, -0.1) is 0 Å². The lowest BCUT2D eigenvalue weighted by Crippen LogP contribution is -2.54. The third kappa shape index (κ3) is 6.50. The molecule has 0 unspecified atom stereocenters. The Labute approximate surface area is 260 Å². The minimum Gasteiger partial charge on any atom is -0.508 e. The number of carbonyl (C=O) groups excluding carboxylic acids is 2. The molecule has 2 N–H and O–H groups in total. The second-order valence-electron chi connectivity index (χ2n) is 12.1. The molecule has 3 heterocycles. The first kappa shape index (κ1) is 29.9. The van der Waals surface area contributed by atoms with Gasteiger partial charge in [0.1, 0.15) is 30.0 Å². The number of phenolic OH excluding ortho intramolecular Hbond substituents is 1. The van der Waals surface area contributed by atoms with E-state index >= 15 is 0 Å². The van der Waals surface area contributed by atoms with Gasteiger partial charge in [0.2, 0.25) is 5.91 Å². The molecule has 1 saturated carbocycles. The second kappa shape index (κ2) is 12.8. The summed E-state index contributed by atoms with van der Waals surface area (Å²) in [6, 6.07) is 11.5. The van der Waals surface area contributed by atoms with E-state index in [4.69, 9.17) is 16.0 Å². The second-order valence-corrected chi connectivity index (χ2v) is 12.6. The van der Waals surface area contributed by atoms with Crippen LogP contribution in [0, 0.1) is 11.3 Å². The van der Waals surface area contributed by atoms with Gasteiger partial charge in [-0.05, 0) is 66.8 Å². The minimum atomic E-state index is -0.897. The summed E-state index contributed by atoms with van der Waals surface area (Å²) in [5, 5.41) is 17.9. The molecule has 10 nitrogen and oxygen atoms in total. The Morgan fingerprint density at radius 3 is 2.52 bits per heavy atom. The number of likely N-dealkylation sites (tertiary alicyclic amines) is 1. The predicted molar refractivity (Wildman–Crippen MR) is 165 cm³/mol. The molecule has 2 aromatic heterocycles. The number of hydrogen-bond acceptors (Lipinski definition) is 7. The molecule has 0 bridgehead atoms. The molecular formula is C33H36ClN5O5. The van der Waals surface area contributed by atoms with Crippen LogP contribution < -0.4 is 10.7 Å². The zero-order valence-corrected chi connectivity index (χ0v) is 25.2. The average Bonchev–Trinajstić information content (AvgIpc) is 3.55. The average molecular weight is 618 g/mol. The van der Waals surface area contributed by atoms with Crippen LogP contribution >= 0.6 is 11.6 Å². The highest BCUT2D eigenvalue weighted by molar-refractivity contribution is 6.30. The fraction of sp³-hybridized carbons (Fsp3) is 0.424. The van der Waals surface area contributed by atoms with Gasteiger partial charge in [-0.3, -0.25) is 19.1 Å². The molecule has 1 aliphatic carbocycles. The zero-order valence-electron chi connectivity index (χ0n) is 24.5. The number of aromatic hydroxyl groups is 1. The Kier molecular flexibility index (Phi) is 8.70. The van der Waals surface area contributed by atoms with Gasteiger partial charge in [-0.25, -0.2) is 4.98 Å². The summed E-state index contributed by atoms with van der Waals surface area (Å²) in [5.41, 5.74) is 0.530. The van der Waals surface area contributed by atoms with E-state index in [1.54, 1.807) is 24.8 Å². The maximum absolute atomic E-state index is 14.1. The number of aromatic nitrogens is 3. The monoisotopic (exact) mass is 617 g/mol. The lowest BCUT2D eigenvalue weighted by Gasteiger charge is -2.48. The van der Waals surface area contributed by atoms with Crippen LogP contribution in [0.3, 0.4) is 0 Å². The normalized spacial score (nSPS) is 17.8. The number of nitrogens with zero attached hydrogens (tertiary/aromatic N) is 4. The van der Waals surface area contributed by atoms with Gasteiger partial charge in [0.15, 0.2) is 11.2 Å². The Morgan fingerprint density at radius 2 is 1.82 bits per heavy atom. The van der Waals surface area contributed by atoms with Crippen LogP contribution in [0.5, 0.6) is 5.75 Å². The molecule has 44 heavy (non-hydrogen) atoms.